The Morgan fingerprint density at radius 1 is 0.921 bits per heavy atom. The highest BCUT2D eigenvalue weighted by atomic mass is 19.1. The van der Waals surface area contributed by atoms with Gasteiger partial charge in [0.1, 0.15) is 29.3 Å². The summed E-state index contributed by atoms with van der Waals surface area (Å²) in [6, 6.07) is 10.9. The van der Waals surface area contributed by atoms with Gasteiger partial charge in [-0.2, -0.15) is 0 Å². The highest BCUT2D eigenvalue weighted by molar-refractivity contribution is 5.96. The summed E-state index contributed by atoms with van der Waals surface area (Å²) in [7, 11) is 0. The largest absolute Gasteiger partial charge is 0.451 e. The molecule has 1 aliphatic carbocycles. The lowest BCUT2D eigenvalue weighted by molar-refractivity contribution is -0.124. The number of amides is 2. The first-order chi connectivity index (χ1) is 18.3. The molecule has 38 heavy (non-hydrogen) atoms. The molecule has 2 amide bonds. The topological polar surface area (TPSA) is 83.4 Å². The van der Waals surface area contributed by atoms with Crippen LogP contribution in [0.25, 0.3) is 11.3 Å². The van der Waals surface area contributed by atoms with Crippen LogP contribution in [-0.2, 0) is 4.79 Å². The van der Waals surface area contributed by atoms with E-state index in [1.165, 1.54) is 36.8 Å². The molecule has 3 N–H and O–H groups in total. The molecule has 1 heterocycles. The first-order valence-corrected chi connectivity index (χ1v) is 12.9. The van der Waals surface area contributed by atoms with E-state index in [0.29, 0.717) is 23.7 Å². The molecule has 0 unspecified atom stereocenters. The number of furan rings is 1. The number of anilines is 1. The molecule has 0 aliphatic heterocycles. The molecule has 0 bridgehead atoms. The van der Waals surface area contributed by atoms with Crippen molar-refractivity contribution in [1.29, 1.82) is 0 Å². The average molecular weight is 528 g/mol. The van der Waals surface area contributed by atoms with Gasteiger partial charge in [-0.3, -0.25) is 9.59 Å². The lowest BCUT2D eigenvalue weighted by Gasteiger charge is -2.27. The molecule has 1 saturated carbocycles. The first-order valence-electron chi connectivity index (χ1n) is 12.9. The van der Waals surface area contributed by atoms with Crippen LogP contribution in [0.15, 0.2) is 59.0 Å². The van der Waals surface area contributed by atoms with Gasteiger partial charge in [0.05, 0.1) is 0 Å². The molecular weight excluding hydrogens is 495 g/mol. The zero-order valence-electron chi connectivity index (χ0n) is 21.2. The Labute approximate surface area is 220 Å². The van der Waals surface area contributed by atoms with Crippen molar-refractivity contribution >= 4 is 17.5 Å². The Kier molecular flexibility index (Phi) is 9.10. The fourth-order valence-corrected chi connectivity index (χ4v) is 4.80. The monoisotopic (exact) mass is 527 g/mol. The summed E-state index contributed by atoms with van der Waals surface area (Å²) in [5.41, 5.74) is 0.766. The van der Waals surface area contributed by atoms with Gasteiger partial charge < -0.3 is 20.4 Å². The van der Waals surface area contributed by atoms with Crippen molar-refractivity contribution in [3.63, 3.8) is 0 Å². The number of benzene rings is 2. The van der Waals surface area contributed by atoms with E-state index in [-0.39, 0.29) is 29.9 Å². The fourth-order valence-electron chi connectivity index (χ4n) is 4.80. The van der Waals surface area contributed by atoms with E-state index in [4.69, 9.17) is 4.42 Å². The van der Waals surface area contributed by atoms with Gasteiger partial charge in [-0.15, -0.1) is 0 Å². The van der Waals surface area contributed by atoms with E-state index >= 15 is 0 Å². The van der Waals surface area contributed by atoms with Crippen LogP contribution in [0.2, 0.25) is 0 Å². The molecule has 202 valence electrons. The summed E-state index contributed by atoms with van der Waals surface area (Å²) < 4.78 is 46.2. The van der Waals surface area contributed by atoms with Crippen LogP contribution in [0.5, 0.6) is 0 Å². The lowest BCUT2D eigenvalue weighted by atomic mass is 9.84. The molecule has 0 saturated heterocycles. The Hall–Kier alpha value is -3.75. The first kappa shape index (κ1) is 27.3. The predicted octanol–water partition coefficient (Wildman–Crippen LogP) is 6.05. The molecule has 3 aromatic rings. The molecule has 4 rings (SSSR count). The number of carbonyl (C=O) groups is 2. The molecule has 9 heteroatoms. The third-order valence-electron chi connectivity index (χ3n) is 6.72. The SMILES string of the molecule is C[C@@H](CNc1cc(F)cc(F)c1)NC(=O)[C@H](CC1CCCCC1)NC(=O)c1ccc(-c2cccc(F)c2)o1. The molecule has 1 aromatic heterocycles. The van der Waals surface area contributed by atoms with Crippen molar-refractivity contribution in [2.24, 2.45) is 5.92 Å². The van der Waals surface area contributed by atoms with Crippen LogP contribution in [0.1, 0.15) is 56.0 Å². The van der Waals surface area contributed by atoms with E-state index in [1.54, 1.807) is 25.1 Å². The van der Waals surface area contributed by atoms with E-state index in [1.807, 2.05) is 0 Å². The second-order valence-corrected chi connectivity index (χ2v) is 9.89. The van der Waals surface area contributed by atoms with E-state index in [2.05, 4.69) is 16.0 Å². The molecule has 6 nitrogen and oxygen atoms in total. The van der Waals surface area contributed by atoms with E-state index in [9.17, 15) is 22.8 Å². The smallest absolute Gasteiger partial charge is 0.287 e. The van der Waals surface area contributed by atoms with Crippen molar-refractivity contribution in [1.82, 2.24) is 10.6 Å². The number of hydrogen-bond acceptors (Lipinski definition) is 4. The molecule has 0 spiro atoms. The van der Waals surface area contributed by atoms with E-state index < -0.39 is 29.4 Å². The molecule has 1 aliphatic rings. The number of halogens is 3. The summed E-state index contributed by atoms with van der Waals surface area (Å²) in [6.07, 6.45) is 5.82. The second-order valence-electron chi connectivity index (χ2n) is 9.89. The summed E-state index contributed by atoms with van der Waals surface area (Å²) in [5, 5.41) is 8.62. The minimum atomic E-state index is -0.789. The Balaban J connectivity index is 1.40. The summed E-state index contributed by atoms with van der Waals surface area (Å²) >= 11 is 0. The van der Waals surface area contributed by atoms with Crippen LogP contribution in [-0.4, -0.2) is 30.4 Å². The molecule has 2 atom stereocenters. The van der Waals surface area contributed by atoms with Gasteiger partial charge in [0.15, 0.2) is 5.76 Å². The quantitative estimate of drug-likeness (QED) is 0.300. The third-order valence-corrected chi connectivity index (χ3v) is 6.72. The number of hydrogen-bond donors (Lipinski definition) is 3. The Morgan fingerprint density at radius 3 is 2.37 bits per heavy atom. The van der Waals surface area contributed by atoms with Crippen molar-refractivity contribution in [3.05, 3.63) is 77.8 Å². The maximum atomic E-state index is 13.6. The normalized spacial score (nSPS) is 15.5. The lowest BCUT2D eigenvalue weighted by Crippen LogP contribution is -2.51. The van der Waals surface area contributed by atoms with Gasteiger partial charge in [-0.05, 0) is 55.7 Å². The van der Waals surface area contributed by atoms with Gasteiger partial charge in [0.25, 0.3) is 5.91 Å². The third kappa shape index (κ3) is 7.63. The zero-order valence-corrected chi connectivity index (χ0v) is 21.2. The average Bonchev–Trinajstić information content (AvgIpc) is 3.38. The molecule has 0 radical (unpaired) electrons. The van der Waals surface area contributed by atoms with Crippen LogP contribution < -0.4 is 16.0 Å². The van der Waals surface area contributed by atoms with Gasteiger partial charge in [-0.25, -0.2) is 13.2 Å². The number of rotatable bonds is 10. The highest BCUT2D eigenvalue weighted by Gasteiger charge is 2.28. The number of nitrogens with one attached hydrogen (secondary N) is 3. The summed E-state index contributed by atoms with van der Waals surface area (Å²) in [6.45, 7) is 1.99. The Morgan fingerprint density at radius 2 is 1.66 bits per heavy atom. The van der Waals surface area contributed by atoms with Crippen molar-refractivity contribution in [2.45, 2.75) is 57.5 Å². The van der Waals surface area contributed by atoms with Crippen molar-refractivity contribution in [3.8, 4) is 11.3 Å². The predicted molar refractivity (Wildman–Crippen MR) is 139 cm³/mol. The standard InChI is InChI=1S/C29H32F3N3O3/c1-18(17-33-24-15-22(31)14-23(32)16-24)34-28(36)25(12-19-6-3-2-4-7-19)35-29(37)27-11-10-26(38-27)20-8-5-9-21(30)13-20/h5,8-11,13-16,18-19,25,33H,2-4,6-7,12,17H2,1H3,(H,34,36)(H,35,37)/t18-,25-/m0/s1. The maximum Gasteiger partial charge on any atom is 0.287 e. The summed E-state index contributed by atoms with van der Waals surface area (Å²) in [5.74, 6) is -2.02. The van der Waals surface area contributed by atoms with Crippen LogP contribution >= 0.6 is 0 Å². The molecule has 2 aromatic carbocycles. The van der Waals surface area contributed by atoms with Crippen LogP contribution in [0, 0.1) is 23.4 Å². The van der Waals surface area contributed by atoms with Crippen LogP contribution in [0.3, 0.4) is 0 Å². The highest BCUT2D eigenvalue weighted by Crippen LogP contribution is 2.28. The van der Waals surface area contributed by atoms with Crippen LogP contribution in [0.4, 0.5) is 18.9 Å². The van der Waals surface area contributed by atoms with Crippen molar-refractivity contribution in [2.75, 3.05) is 11.9 Å². The summed E-state index contributed by atoms with van der Waals surface area (Å²) in [4.78, 5) is 26.3. The minimum Gasteiger partial charge on any atom is -0.451 e. The van der Waals surface area contributed by atoms with Gasteiger partial charge >= 0.3 is 0 Å². The molecule has 1 fully saturated rings. The van der Waals surface area contributed by atoms with Crippen molar-refractivity contribution < 1.29 is 27.2 Å². The maximum absolute atomic E-state index is 13.6. The second kappa shape index (κ2) is 12.7. The van der Waals surface area contributed by atoms with E-state index in [0.717, 1.165) is 31.7 Å². The fraction of sp³-hybridized carbons (Fsp3) is 0.379. The molecular formula is C29H32F3N3O3. The Bertz CT molecular complexity index is 1240. The number of carbonyl (C=O) groups excluding carboxylic acids is 2. The zero-order chi connectivity index (χ0) is 27.1. The van der Waals surface area contributed by atoms with Gasteiger partial charge in [-0.1, -0.05) is 44.2 Å². The minimum absolute atomic E-state index is 0.0218. The van der Waals surface area contributed by atoms with Gasteiger partial charge in [0.2, 0.25) is 5.91 Å². The van der Waals surface area contributed by atoms with Gasteiger partial charge in [0, 0.05) is 29.9 Å².